The number of benzene rings is 2. The van der Waals surface area contributed by atoms with Crippen LogP contribution in [0.3, 0.4) is 0 Å². The Morgan fingerprint density at radius 2 is 1.82 bits per heavy atom. The summed E-state index contributed by atoms with van der Waals surface area (Å²) in [6.07, 6.45) is 0.925. The number of oxime groups is 1. The Kier molecular flexibility index (Phi) is 2.22. The van der Waals surface area contributed by atoms with Crippen molar-refractivity contribution in [3.63, 3.8) is 0 Å². The van der Waals surface area contributed by atoms with Gasteiger partial charge in [0.1, 0.15) is 0 Å². The smallest absolute Gasteiger partial charge is 0.0840 e. The SMILES string of the molecule is C/C(=N\O)c1cccc2c1Cc1ccccc1-2. The third kappa shape index (κ3) is 1.45. The molecular formula is C15H13NO. The molecule has 2 heteroatoms. The fraction of sp³-hybridized carbons (Fsp3) is 0.133. The van der Waals surface area contributed by atoms with Crippen LogP contribution in [0.2, 0.25) is 0 Å². The summed E-state index contributed by atoms with van der Waals surface area (Å²) in [4.78, 5) is 0. The van der Waals surface area contributed by atoms with E-state index in [-0.39, 0.29) is 0 Å². The second kappa shape index (κ2) is 3.74. The zero-order chi connectivity index (χ0) is 11.8. The van der Waals surface area contributed by atoms with Crippen molar-refractivity contribution >= 4 is 5.71 Å². The van der Waals surface area contributed by atoms with Crippen molar-refractivity contribution in [2.24, 2.45) is 5.16 Å². The fourth-order valence-electron chi connectivity index (χ4n) is 2.55. The first-order chi connectivity index (χ1) is 8.31. The van der Waals surface area contributed by atoms with E-state index in [1.54, 1.807) is 0 Å². The van der Waals surface area contributed by atoms with Gasteiger partial charge in [-0.05, 0) is 35.6 Å². The van der Waals surface area contributed by atoms with E-state index >= 15 is 0 Å². The monoisotopic (exact) mass is 223 g/mol. The summed E-state index contributed by atoms with van der Waals surface area (Å²) < 4.78 is 0. The fourth-order valence-corrected chi connectivity index (χ4v) is 2.55. The Bertz CT molecular complexity index is 614. The van der Waals surface area contributed by atoms with Crippen LogP contribution in [-0.4, -0.2) is 10.9 Å². The van der Waals surface area contributed by atoms with Gasteiger partial charge in [-0.1, -0.05) is 47.6 Å². The summed E-state index contributed by atoms with van der Waals surface area (Å²) in [6.45, 7) is 1.83. The summed E-state index contributed by atoms with van der Waals surface area (Å²) in [5.74, 6) is 0. The van der Waals surface area contributed by atoms with Crippen molar-refractivity contribution in [1.29, 1.82) is 0 Å². The maximum Gasteiger partial charge on any atom is 0.0840 e. The first kappa shape index (κ1) is 10.1. The van der Waals surface area contributed by atoms with Gasteiger partial charge < -0.3 is 5.21 Å². The van der Waals surface area contributed by atoms with Gasteiger partial charge in [0.2, 0.25) is 0 Å². The van der Waals surface area contributed by atoms with E-state index in [1.165, 1.54) is 22.3 Å². The molecule has 0 unspecified atom stereocenters. The highest BCUT2D eigenvalue weighted by Gasteiger charge is 2.21. The molecule has 0 radical (unpaired) electrons. The zero-order valence-electron chi connectivity index (χ0n) is 9.64. The molecule has 0 saturated carbocycles. The minimum atomic E-state index is 0.676. The van der Waals surface area contributed by atoms with Crippen LogP contribution in [0.15, 0.2) is 47.6 Å². The molecule has 0 heterocycles. The third-order valence-electron chi connectivity index (χ3n) is 3.39. The number of fused-ring (bicyclic) bond motifs is 3. The molecule has 1 aliphatic carbocycles. The minimum absolute atomic E-state index is 0.676. The minimum Gasteiger partial charge on any atom is -0.411 e. The second-order valence-corrected chi connectivity index (χ2v) is 4.35. The topological polar surface area (TPSA) is 32.6 Å². The number of nitrogens with zero attached hydrogens (tertiary/aromatic N) is 1. The summed E-state index contributed by atoms with van der Waals surface area (Å²) in [5, 5.41) is 12.2. The predicted molar refractivity (Wildman–Crippen MR) is 68.7 cm³/mol. The van der Waals surface area contributed by atoms with Gasteiger partial charge in [-0.15, -0.1) is 0 Å². The van der Waals surface area contributed by atoms with Crippen LogP contribution < -0.4 is 0 Å². The van der Waals surface area contributed by atoms with E-state index in [9.17, 15) is 0 Å². The largest absolute Gasteiger partial charge is 0.411 e. The van der Waals surface area contributed by atoms with E-state index in [4.69, 9.17) is 5.21 Å². The quantitative estimate of drug-likeness (QED) is 0.382. The highest BCUT2D eigenvalue weighted by molar-refractivity contribution is 6.02. The van der Waals surface area contributed by atoms with Crippen LogP contribution in [-0.2, 0) is 6.42 Å². The lowest BCUT2D eigenvalue weighted by Crippen LogP contribution is -1.99. The Balaban J connectivity index is 2.24. The van der Waals surface area contributed by atoms with Crippen molar-refractivity contribution in [1.82, 2.24) is 0 Å². The molecule has 0 aromatic heterocycles. The molecule has 3 rings (SSSR count). The molecule has 17 heavy (non-hydrogen) atoms. The van der Waals surface area contributed by atoms with E-state index in [2.05, 4.69) is 35.5 Å². The maximum absolute atomic E-state index is 8.92. The van der Waals surface area contributed by atoms with Crippen molar-refractivity contribution in [2.75, 3.05) is 0 Å². The highest BCUT2D eigenvalue weighted by Crippen LogP contribution is 2.38. The van der Waals surface area contributed by atoms with Crippen molar-refractivity contribution in [2.45, 2.75) is 13.3 Å². The lowest BCUT2D eigenvalue weighted by molar-refractivity contribution is 0.319. The Labute approximate surface area is 100 Å². The van der Waals surface area contributed by atoms with E-state index in [0.29, 0.717) is 5.71 Å². The van der Waals surface area contributed by atoms with Crippen molar-refractivity contribution in [3.05, 3.63) is 59.2 Å². The zero-order valence-corrected chi connectivity index (χ0v) is 9.64. The average molecular weight is 223 g/mol. The van der Waals surface area contributed by atoms with E-state index in [0.717, 1.165) is 12.0 Å². The molecule has 2 aromatic rings. The molecule has 2 aromatic carbocycles. The van der Waals surface area contributed by atoms with Gasteiger partial charge in [-0.2, -0.15) is 0 Å². The van der Waals surface area contributed by atoms with Gasteiger partial charge in [0, 0.05) is 5.56 Å². The lowest BCUT2D eigenvalue weighted by atomic mass is 9.99. The molecule has 0 bridgehead atoms. The molecule has 0 spiro atoms. The van der Waals surface area contributed by atoms with Gasteiger partial charge in [0.25, 0.3) is 0 Å². The van der Waals surface area contributed by atoms with Gasteiger partial charge >= 0.3 is 0 Å². The first-order valence-electron chi connectivity index (χ1n) is 5.70. The van der Waals surface area contributed by atoms with Crippen LogP contribution in [0, 0.1) is 0 Å². The van der Waals surface area contributed by atoms with E-state index < -0.39 is 0 Å². The molecule has 0 saturated heterocycles. The normalized spacial score (nSPS) is 13.4. The number of hydrogen-bond donors (Lipinski definition) is 1. The van der Waals surface area contributed by atoms with Crippen molar-refractivity contribution < 1.29 is 5.21 Å². The van der Waals surface area contributed by atoms with Crippen LogP contribution >= 0.6 is 0 Å². The van der Waals surface area contributed by atoms with Crippen LogP contribution in [0.1, 0.15) is 23.6 Å². The Morgan fingerprint density at radius 3 is 2.65 bits per heavy atom. The molecule has 0 amide bonds. The summed E-state index contributed by atoms with van der Waals surface area (Å²) >= 11 is 0. The average Bonchev–Trinajstić information content (AvgIpc) is 2.76. The summed E-state index contributed by atoms with van der Waals surface area (Å²) in [6, 6.07) is 14.6. The molecular weight excluding hydrogens is 210 g/mol. The Hall–Kier alpha value is -2.09. The standard InChI is InChI=1S/C15H13NO/c1-10(16-17)12-7-4-8-14-13-6-3-2-5-11(13)9-15(12)14/h2-8,17H,9H2,1H3/b16-10+. The molecule has 0 atom stereocenters. The Morgan fingerprint density at radius 1 is 1.06 bits per heavy atom. The molecule has 84 valence electrons. The third-order valence-corrected chi connectivity index (χ3v) is 3.39. The van der Waals surface area contributed by atoms with Gasteiger partial charge in [0.05, 0.1) is 5.71 Å². The maximum atomic E-state index is 8.92. The van der Waals surface area contributed by atoms with E-state index in [1.807, 2.05) is 19.1 Å². The number of hydrogen-bond acceptors (Lipinski definition) is 2. The van der Waals surface area contributed by atoms with Crippen molar-refractivity contribution in [3.8, 4) is 11.1 Å². The van der Waals surface area contributed by atoms with Gasteiger partial charge in [-0.3, -0.25) is 0 Å². The highest BCUT2D eigenvalue weighted by atomic mass is 16.4. The lowest BCUT2D eigenvalue weighted by Gasteiger charge is -2.06. The summed E-state index contributed by atoms with van der Waals surface area (Å²) in [5.41, 5.74) is 6.90. The molecule has 0 aliphatic heterocycles. The molecule has 2 nitrogen and oxygen atoms in total. The van der Waals surface area contributed by atoms with Crippen LogP contribution in [0.4, 0.5) is 0 Å². The van der Waals surface area contributed by atoms with Gasteiger partial charge in [0.15, 0.2) is 0 Å². The molecule has 1 N–H and O–H groups in total. The van der Waals surface area contributed by atoms with Crippen LogP contribution in [0.25, 0.3) is 11.1 Å². The first-order valence-corrected chi connectivity index (χ1v) is 5.70. The van der Waals surface area contributed by atoms with Gasteiger partial charge in [-0.25, -0.2) is 0 Å². The van der Waals surface area contributed by atoms with Crippen LogP contribution in [0.5, 0.6) is 0 Å². The summed E-state index contributed by atoms with van der Waals surface area (Å²) in [7, 11) is 0. The molecule has 1 aliphatic rings. The number of rotatable bonds is 1. The molecule has 0 fully saturated rings. The second-order valence-electron chi connectivity index (χ2n) is 4.35. The predicted octanol–water partition coefficient (Wildman–Crippen LogP) is 3.46.